The molecule has 0 fully saturated rings. The molecule has 21 heavy (non-hydrogen) atoms. The Kier molecular flexibility index (Phi) is 7.12. The zero-order chi connectivity index (χ0) is 15.9. The third-order valence-corrected chi connectivity index (χ3v) is 3.07. The normalized spacial score (nSPS) is 12.0. The monoisotopic (exact) mass is 293 g/mol. The third kappa shape index (κ3) is 7.44. The van der Waals surface area contributed by atoms with Crippen LogP contribution in [0.2, 0.25) is 0 Å². The summed E-state index contributed by atoms with van der Waals surface area (Å²) in [5, 5.41) is 3.48. The SMILES string of the molecule is COCCN(CC(C)C)c1cccc(CNC(C)(C)C)n1. The first-order chi connectivity index (χ1) is 9.81. The van der Waals surface area contributed by atoms with Crippen molar-refractivity contribution < 1.29 is 4.74 Å². The molecule has 0 spiro atoms. The summed E-state index contributed by atoms with van der Waals surface area (Å²) in [5.74, 6) is 1.63. The van der Waals surface area contributed by atoms with Gasteiger partial charge in [0, 0.05) is 32.3 Å². The molecule has 1 aromatic rings. The molecule has 0 aliphatic carbocycles. The molecule has 0 saturated carbocycles. The first-order valence-electron chi connectivity index (χ1n) is 7.76. The molecule has 0 aliphatic heterocycles. The van der Waals surface area contributed by atoms with E-state index in [4.69, 9.17) is 9.72 Å². The van der Waals surface area contributed by atoms with Gasteiger partial charge < -0.3 is 15.0 Å². The number of ether oxygens (including phenoxy) is 1. The molecule has 0 amide bonds. The van der Waals surface area contributed by atoms with Gasteiger partial charge in [-0.25, -0.2) is 4.98 Å². The lowest BCUT2D eigenvalue weighted by molar-refractivity contribution is 0.204. The molecule has 0 aliphatic rings. The van der Waals surface area contributed by atoms with Gasteiger partial charge in [0.25, 0.3) is 0 Å². The maximum absolute atomic E-state index is 5.22. The Morgan fingerprint density at radius 3 is 2.57 bits per heavy atom. The molecule has 4 nitrogen and oxygen atoms in total. The highest BCUT2D eigenvalue weighted by molar-refractivity contribution is 5.39. The summed E-state index contributed by atoms with van der Waals surface area (Å²) < 4.78 is 5.22. The van der Waals surface area contributed by atoms with Gasteiger partial charge in [0.15, 0.2) is 0 Å². The summed E-state index contributed by atoms with van der Waals surface area (Å²) in [6, 6.07) is 6.24. The van der Waals surface area contributed by atoms with Crippen molar-refractivity contribution >= 4 is 5.82 Å². The van der Waals surface area contributed by atoms with Gasteiger partial charge in [-0.2, -0.15) is 0 Å². The number of aromatic nitrogens is 1. The summed E-state index contributed by atoms with van der Waals surface area (Å²) in [6.07, 6.45) is 0. The Bertz CT molecular complexity index is 413. The summed E-state index contributed by atoms with van der Waals surface area (Å²) in [6.45, 7) is 14.3. The van der Waals surface area contributed by atoms with Gasteiger partial charge in [-0.05, 0) is 38.8 Å². The van der Waals surface area contributed by atoms with E-state index in [0.717, 1.165) is 37.8 Å². The van der Waals surface area contributed by atoms with Gasteiger partial charge in [0.2, 0.25) is 0 Å². The van der Waals surface area contributed by atoms with Crippen LogP contribution >= 0.6 is 0 Å². The van der Waals surface area contributed by atoms with E-state index < -0.39 is 0 Å². The van der Waals surface area contributed by atoms with Gasteiger partial charge in [-0.1, -0.05) is 19.9 Å². The van der Waals surface area contributed by atoms with Gasteiger partial charge in [-0.15, -0.1) is 0 Å². The lowest BCUT2D eigenvalue weighted by atomic mass is 10.1. The molecule has 0 unspecified atom stereocenters. The van der Waals surface area contributed by atoms with E-state index in [0.29, 0.717) is 5.92 Å². The number of rotatable bonds is 8. The van der Waals surface area contributed by atoms with E-state index in [9.17, 15) is 0 Å². The number of methoxy groups -OCH3 is 1. The average molecular weight is 293 g/mol. The van der Waals surface area contributed by atoms with Crippen molar-refractivity contribution in [3.8, 4) is 0 Å². The number of hydrogen-bond donors (Lipinski definition) is 1. The summed E-state index contributed by atoms with van der Waals surface area (Å²) >= 11 is 0. The molecule has 120 valence electrons. The van der Waals surface area contributed by atoms with E-state index in [2.05, 4.69) is 63.0 Å². The average Bonchev–Trinajstić information content (AvgIpc) is 2.40. The highest BCUT2D eigenvalue weighted by Gasteiger charge is 2.12. The van der Waals surface area contributed by atoms with E-state index in [1.165, 1.54) is 0 Å². The molecular weight excluding hydrogens is 262 g/mol. The second-order valence-electron chi connectivity index (χ2n) is 6.92. The van der Waals surface area contributed by atoms with Crippen molar-refractivity contribution in [1.82, 2.24) is 10.3 Å². The Labute approximate surface area is 129 Å². The highest BCUT2D eigenvalue weighted by Crippen LogP contribution is 2.14. The van der Waals surface area contributed by atoms with Gasteiger partial charge in [-0.3, -0.25) is 0 Å². The number of nitrogens with one attached hydrogen (secondary N) is 1. The Morgan fingerprint density at radius 1 is 1.29 bits per heavy atom. The lowest BCUT2D eigenvalue weighted by Crippen LogP contribution is -2.35. The predicted molar refractivity (Wildman–Crippen MR) is 89.8 cm³/mol. The van der Waals surface area contributed by atoms with E-state index in [1.807, 2.05) is 0 Å². The molecule has 0 saturated heterocycles. The number of pyridine rings is 1. The van der Waals surface area contributed by atoms with Gasteiger partial charge in [0.05, 0.1) is 12.3 Å². The fraction of sp³-hybridized carbons (Fsp3) is 0.706. The molecule has 1 heterocycles. The Balaban J connectivity index is 2.78. The molecule has 1 aromatic heterocycles. The summed E-state index contributed by atoms with van der Waals surface area (Å²) in [5.41, 5.74) is 1.18. The van der Waals surface area contributed by atoms with Crippen LogP contribution in [0.5, 0.6) is 0 Å². The van der Waals surface area contributed by atoms with Crippen molar-refractivity contribution in [2.24, 2.45) is 5.92 Å². The topological polar surface area (TPSA) is 37.4 Å². The van der Waals surface area contributed by atoms with E-state index in [1.54, 1.807) is 7.11 Å². The van der Waals surface area contributed by atoms with Crippen LogP contribution < -0.4 is 10.2 Å². The standard InChI is InChI=1S/C17H31N3O/c1-14(2)13-20(10-11-21-6)16-9-7-8-15(19-16)12-18-17(3,4)5/h7-9,14,18H,10-13H2,1-6H3. The van der Waals surface area contributed by atoms with Crippen LogP contribution in [0.4, 0.5) is 5.82 Å². The fourth-order valence-electron chi connectivity index (χ4n) is 2.04. The second-order valence-corrected chi connectivity index (χ2v) is 6.92. The van der Waals surface area contributed by atoms with Crippen molar-refractivity contribution in [2.45, 2.75) is 46.7 Å². The van der Waals surface area contributed by atoms with E-state index in [-0.39, 0.29) is 5.54 Å². The van der Waals surface area contributed by atoms with Gasteiger partial charge in [0.1, 0.15) is 5.82 Å². The van der Waals surface area contributed by atoms with Crippen molar-refractivity contribution in [1.29, 1.82) is 0 Å². The predicted octanol–water partition coefficient (Wildman–Crippen LogP) is 3.08. The second kappa shape index (κ2) is 8.35. The number of hydrogen-bond acceptors (Lipinski definition) is 4. The molecular formula is C17H31N3O. The minimum absolute atomic E-state index is 0.103. The van der Waals surface area contributed by atoms with Crippen LogP contribution in [0.1, 0.15) is 40.3 Å². The fourth-order valence-corrected chi connectivity index (χ4v) is 2.04. The Hall–Kier alpha value is -1.13. The molecule has 1 N–H and O–H groups in total. The largest absolute Gasteiger partial charge is 0.383 e. The quantitative estimate of drug-likeness (QED) is 0.799. The first kappa shape index (κ1) is 17.9. The third-order valence-electron chi connectivity index (χ3n) is 3.07. The van der Waals surface area contributed by atoms with Crippen LogP contribution in [0, 0.1) is 5.92 Å². The zero-order valence-corrected chi connectivity index (χ0v) is 14.4. The molecule has 0 aromatic carbocycles. The maximum Gasteiger partial charge on any atom is 0.128 e. The summed E-state index contributed by atoms with van der Waals surface area (Å²) in [7, 11) is 1.74. The highest BCUT2D eigenvalue weighted by atomic mass is 16.5. The van der Waals surface area contributed by atoms with Crippen LogP contribution in [0.3, 0.4) is 0 Å². The smallest absolute Gasteiger partial charge is 0.128 e. The molecule has 0 atom stereocenters. The molecule has 4 heteroatoms. The number of nitrogens with zero attached hydrogens (tertiary/aromatic N) is 2. The van der Waals surface area contributed by atoms with Crippen molar-refractivity contribution in [3.63, 3.8) is 0 Å². The van der Waals surface area contributed by atoms with Gasteiger partial charge >= 0.3 is 0 Å². The lowest BCUT2D eigenvalue weighted by Gasteiger charge is -2.26. The Morgan fingerprint density at radius 2 is 2.00 bits per heavy atom. The molecule has 0 bridgehead atoms. The van der Waals surface area contributed by atoms with E-state index >= 15 is 0 Å². The van der Waals surface area contributed by atoms with Crippen molar-refractivity contribution in [2.75, 3.05) is 31.7 Å². The number of anilines is 1. The molecule has 0 radical (unpaired) electrons. The summed E-state index contributed by atoms with van der Waals surface area (Å²) in [4.78, 5) is 7.09. The maximum atomic E-state index is 5.22. The zero-order valence-electron chi connectivity index (χ0n) is 14.4. The minimum Gasteiger partial charge on any atom is -0.383 e. The van der Waals surface area contributed by atoms with Crippen molar-refractivity contribution in [3.05, 3.63) is 23.9 Å². The van der Waals surface area contributed by atoms with Crippen LogP contribution in [-0.4, -0.2) is 37.3 Å². The van der Waals surface area contributed by atoms with Crippen LogP contribution in [-0.2, 0) is 11.3 Å². The first-order valence-corrected chi connectivity index (χ1v) is 7.76. The van der Waals surface area contributed by atoms with Crippen LogP contribution in [0.25, 0.3) is 0 Å². The van der Waals surface area contributed by atoms with Crippen LogP contribution in [0.15, 0.2) is 18.2 Å². The minimum atomic E-state index is 0.103. The molecule has 1 rings (SSSR count).